The van der Waals surface area contributed by atoms with Gasteiger partial charge in [0.25, 0.3) is 0 Å². The van der Waals surface area contributed by atoms with Crippen molar-refractivity contribution in [3.63, 3.8) is 0 Å². The summed E-state index contributed by atoms with van der Waals surface area (Å²) >= 11 is 1.25. The third-order valence-electron chi connectivity index (χ3n) is 3.77. The van der Waals surface area contributed by atoms with Gasteiger partial charge in [0.2, 0.25) is 0 Å². The maximum absolute atomic E-state index is 2.20. The van der Waals surface area contributed by atoms with E-state index in [-0.39, 0.29) is 24.8 Å². The summed E-state index contributed by atoms with van der Waals surface area (Å²) in [4.78, 5) is 0. The molecular formula is C15H31Cl2HfSi2. The van der Waals surface area contributed by atoms with Gasteiger partial charge in [-0.1, -0.05) is 62.7 Å². The molecule has 3 rings (SSSR count). The van der Waals surface area contributed by atoms with Crippen LogP contribution in [-0.4, -0.2) is 19.0 Å². The molecule has 2 fully saturated rings. The van der Waals surface area contributed by atoms with Crippen LogP contribution in [0, 0.1) is 0 Å². The average Bonchev–Trinajstić information content (AvgIpc) is 2.95. The molecule has 0 saturated carbocycles. The molecule has 0 spiro atoms. The van der Waals surface area contributed by atoms with E-state index in [0.717, 1.165) is 0 Å². The molecule has 0 atom stereocenters. The van der Waals surface area contributed by atoms with Gasteiger partial charge in [-0.25, -0.2) is 0 Å². The van der Waals surface area contributed by atoms with Crippen molar-refractivity contribution < 1.29 is 24.4 Å². The number of hydrogen-bond donors (Lipinski definition) is 0. The molecule has 5 heteroatoms. The van der Waals surface area contributed by atoms with Crippen LogP contribution in [0.2, 0.25) is 24.2 Å². The van der Waals surface area contributed by atoms with E-state index in [1.165, 1.54) is 43.6 Å². The van der Waals surface area contributed by atoms with Gasteiger partial charge in [0.15, 0.2) is 0 Å². The molecule has 0 N–H and O–H groups in total. The second kappa shape index (κ2) is 18.4. The first-order valence-corrected chi connectivity index (χ1v) is 13.8. The molecule has 2 heterocycles. The Morgan fingerprint density at radius 3 is 1.30 bits per heavy atom. The Bertz CT molecular complexity index is 215. The molecule has 0 aromatic rings. The first kappa shape index (κ1) is 23.6. The zero-order chi connectivity index (χ0) is 12.9. The van der Waals surface area contributed by atoms with Gasteiger partial charge in [-0.3, -0.25) is 0 Å². The van der Waals surface area contributed by atoms with Crippen molar-refractivity contribution >= 4 is 43.9 Å². The third kappa shape index (κ3) is 15.7. The Labute approximate surface area is 158 Å². The van der Waals surface area contributed by atoms with Crippen molar-refractivity contribution in [2.45, 2.75) is 69.1 Å². The van der Waals surface area contributed by atoms with Crippen LogP contribution in [0.3, 0.4) is 0 Å². The fourth-order valence-corrected chi connectivity index (χ4v) is 6.87. The van der Waals surface area contributed by atoms with E-state index in [0.29, 0.717) is 19.0 Å². The van der Waals surface area contributed by atoms with Crippen LogP contribution in [-0.2, 0) is 24.4 Å². The number of hydrogen-bond acceptors (Lipinski definition) is 0. The molecule has 2 aliphatic heterocycles. The zero-order valence-corrected chi connectivity index (χ0v) is 20.8. The topological polar surface area (TPSA) is 0 Å². The molecule has 0 amide bonds. The minimum atomic E-state index is 0. The van der Waals surface area contributed by atoms with Crippen molar-refractivity contribution in [3.8, 4) is 0 Å². The van der Waals surface area contributed by atoms with Crippen molar-refractivity contribution in [1.82, 2.24) is 0 Å². The third-order valence-corrected chi connectivity index (χ3v) is 9.10. The summed E-state index contributed by atoms with van der Waals surface area (Å²) in [6, 6.07) is 6.56. The second-order valence-corrected chi connectivity index (χ2v) is 12.1. The Balaban J connectivity index is 0. The summed E-state index contributed by atoms with van der Waals surface area (Å²) < 4.78 is 1.61. The van der Waals surface area contributed by atoms with E-state index in [2.05, 4.69) is 18.2 Å². The minimum absolute atomic E-state index is 0. The van der Waals surface area contributed by atoms with Crippen LogP contribution in [0.25, 0.3) is 0 Å². The van der Waals surface area contributed by atoms with Gasteiger partial charge >= 0.3 is 52.4 Å². The quantitative estimate of drug-likeness (QED) is 0.414. The summed E-state index contributed by atoms with van der Waals surface area (Å²) in [5, 5.41) is 0. The van der Waals surface area contributed by atoms with Crippen LogP contribution in [0.5, 0.6) is 0 Å². The van der Waals surface area contributed by atoms with Crippen molar-refractivity contribution in [3.05, 3.63) is 21.6 Å². The molecular weight excluding hydrogens is 486 g/mol. The van der Waals surface area contributed by atoms with Crippen LogP contribution < -0.4 is 0 Å². The molecule has 0 unspecified atom stereocenters. The average molecular weight is 517 g/mol. The maximum atomic E-state index is 2.20. The molecule has 0 aromatic heterocycles. The van der Waals surface area contributed by atoms with Gasteiger partial charge in [0, 0.05) is 19.0 Å². The molecule has 0 nitrogen and oxygen atoms in total. The van der Waals surface area contributed by atoms with Crippen molar-refractivity contribution in [2.75, 3.05) is 0 Å². The van der Waals surface area contributed by atoms with Gasteiger partial charge in [-0.2, -0.15) is 0 Å². The molecule has 117 valence electrons. The molecule has 0 bridgehead atoms. The van der Waals surface area contributed by atoms with E-state index in [4.69, 9.17) is 0 Å². The monoisotopic (exact) mass is 517 g/mol. The van der Waals surface area contributed by atoms with E-state index in [1.807, 2.05) is 0 Å². The standard InChI is InChI=1S/2C5H12Si.C5H5.2ClH.Hf/c2*1-2-4-6-5-3-1;1-2-4-5-3-1;;;/h2*1-6H2;1-3H,4H2;2*1H;. The van der Waals surface area contributed by atoms with Crippen molar-refractivity contribution in [1.29, 1.82) is 0 Å². The van der Waals surface area contributed by atoms with Gasteiger partial charge in [-0.05, 0) is 0 Å². The molecule has 20 heavy (non-hydrogen) atoms. The zero-order valence-electron chi connectivity index (χ0n) is 12.7. The van der Waals surface area contributed by atoms with Gasteiger partial charge in [0.05, 0.1) is 0 Å². The van der Waals surface area contributed by atoms with Gasteiger partial charge in [-0.15, -0.1) is 24.8 Å². The molecule has 1 aliphatic carbocycles. The van der Waals surface area contributed by atoms with E-state index in [9.17, 15) is 0 Å². The summed E-state index contributed by atoms with van der Waals surface area (Å²) in [6.07, 6.45) is 17.1. The summed E-state index contributed by atoms with van der Waals surface area (Å²) in [5.41, 5.74) is 0. The van der Waals surface area contributed by atoms with E-state index < -0.39 is 0 Å². The predicted octanol–water partition coefficient (Wildman–Crippen LogP) is 4.57. The van der Waals surface area contributed by atoms with E-state index in [1.54, 1.807) is 53.2 Å². The first-order valence-electron chi connectivity index (χ1n) is 7.97. The molecule has 0 radical (unpaired) electrons. The summed E-state index contributed by atoms with van der Waals surface area (Å²) in [6.45, 7) is 0. The number of allylic oxidation sites excluding steroid dienone is 4. The summed E-state index contributed by atoms with van der Waals surface area (Å²) in [7, 11) is 1.02. The molecule has 0 aromatic carbocycles. The normalized spacial score (nSPS) is 19.9. The van der Waals surface area contributed by atoms with Crippen LogP contribution in [0.15, 0.2) is 21.6 Å². The number of rotatable bonds is 0. The predicted molar refractivity (Wildman–Crippen MR) is 100 cm³/mol. The Hall–Kier alpha value is 1.36. The Morgan fingerprint density at radius 2 is 1.20 bits per heavy atom. The fraction of sp³-hybridized carbons (Fsp3) is 0.733. The fourth-order valence-electron chi connectivity index (χ4n) is 2.57. The van der Waals surface area contributed by atoms with E-state index >= 15 is 0 Å². The second-order valence-electron chi connectivity index (χ2n) is 5.57. The van der Waals surface area contributed by atoms with Crippen LogP contribution in [0.4, 0.5) is 0 Å². The van der Waals surface area contributed by atoms with Crippen molar-refractivity contribution in [2.24, 2.45) is 0 Å². The Kier molecular flexibility index (Phi) is 21.8. The van der Waals surface area contributed by atoms with Gasteiger partial charge in [0.1, 0.15) is 0 Å². The molecule has 2 saturated heterocycles. The number of halogens is 2. The molecule has 3 aliphatic rings. The van der Waals surface area contributed by atoms with Gasteiger partial charge < -0.3 is 0 Å². The SMILES string of the molecule is C1CC[SiH2]CC1.C1CC[SiH2]CC1.Cl.Cl.[Hf][C]1=CC=CC1. The first-order chi connectivity index (χ1) is 8.89. The van der Waals surface area contributed by atoms with Crippen LogP contribution in [0.1, 0.15) is 44.9 Å². The Morgan fingerprint density at radius 1 is 0.750 bits per heavy atom. The summed E-state index contributed by atoms with van der Waals surface area (Å²) in [5.74, 6) is 0. The van der Waals surface area contributed by atoms with Crippen LogP contribution >= 0.6 is 24.8 Å².